The number of hydrogen-bond acceptors (Lipinski definition) is 4. The highest BCUT2D eigenvalue weighted by atomic mass is 16.5. The van der Waals surface area contributed by atoms with Crippen LogP contribution in [0.5, 0.6) is 0 Å². The Morgan fingerprint density at radius 2 is 2.00 bits per heavy atom. The van der Waals surface area contributed by atoms with Crippen molar-refractivity contribution in [1.82, 2.24) is 4.90 Å². The predicted molar refractivity (Wildman–Crippen MR) is 109 cm³/mol. The summed E-state index contributed by atoms with van der Waals surface area (Å²) in [6.45, 7) is 3.17. The molecule has 29 heavy (non-hydrogen) atoms. The third kappa shape index (κ3) is 3.00. The van der Waals surface area contributed by atoms with E-state index in [-0.39, 0.29) is 23.9 Å². The molecule has 7 atom stereocenters. The molecule has 2 N–H and O–H groups in total. The Balaban J connectivity index is 1.26. The van der Waals surface area contributed by atoms with E-state index in [0.29, 0.717) is 24.8 Å². The van der Waals surface area contributed by atoms with Crippen LogP contribution in [0.25, 0.3) is 0 Å². The van der Waals surface area contributed by atoms with E-state index in [9.17, 15) is 9.59 Å². The molecule has 7 unspecified atom stereocenters. The van der Waals surface area contributed by atoms with Gasteiger partial charge in [0, 0.05) is 6.54 Å². The van der Waals surface area contributed by atoms with E-state index in [4.69, 9.17) is 10.5 Å². The Hall–Kier alpha value is -1.88. The number of esters is 1. The van der Waals surface area contributed by atoms with Crippen molar-refractivity contribution < 1.29 is 14.3 Å². The van der Waals surface area contributed by atoms with E-state index in [2.05, 4.69) is 6.92 Å². The number of nitrogens with zero attached hydrogens (tertiary/aromatic N) is 1. The fraction of sp³-hybridized carbons (Fsp3) is 0.667. The second-order valence-electron chi connectivity index (χ2n) is 10.0. The summed E-state index contributed by atoms with van der Waals surface area (Å²) in [7, 11) is 0. The van der Waals surface area contributed by atoms with E-state index >= 15 is 0 Å². The number of rotatable bonds is 5. The van der Waals surface area contributed by atoms with Gasteiger partial charge in [0.25, 0.3) is 0 Å². The Kier molecular flexibility index (Phi) is 4.69. The largest absolute Gasteiger partial charge is 0.459 e. The zero-order valence-corrected chi connectivity index (χ0v) is 17.3. The maximum atomic E-state index is 13.4. The van der Waals surface area contributed by atoms with Gasteiger partial charge in [-0.15, -0.1) is 0 Å². The number of ether oxygens (including phenoxy) is 1. The molecule has 0 bridgehead atoms. The summed E-state index contributed by atoms with van der Waals surface area (Å²) in [5, 5.41) is 0. The van der Waals surface area contributed by atoms with Crippen molar-refractivity contribution in [3.05, 3.63) is 35.9 Å². The molecule has 1 aromatic carbocycles. The van der Waals surface area contributed by atoms with Crippen LogP contribution in [0.15, 0.2) is 30.3 Å². The van der Waals surface area contributed by atoms with Gasteiger partial charge in [-0.2, -0.15) is 0 Å². The number of carbonyl (C=O) groups excluding carboxylic acids is 2. The SMILES string of the molecule is CC1CC2CC3CC(C(N)C(=O)N4CCCC4C(=O)OCc4ccccc4)(C1)C23. The van der Waals surface area contributed by atoms with Crippen LogP contribution < -0.4 is 5.73 Å². The highest BCUT2D eigenvalue weighted by Gasteiger charge is 2.68. The summed E-state index contributed by atoms with van der Waals surface area (Å²) in [5.74, 6) is 2.51. The van der Waals surface area contributed by atoms with Crippen LogP contribution in [0, 0.1) is 29.1 Å². The van der Waals surface area contributed by atoms with Crippen molar-refractivity contribution in [2.75, 3.05) is 6.54 Å². The standard InChI is InChI=1S/C24H32N2O3/c1-15-10-17-11-18-13-24(12-15,20(17)18)21(25)22(27)26-9-5-8-19(26)23(28)29-14-16-6-3-2-4-7-16/h2-4,6-7,15,17-21H,5,8-14,25H2,1H3. The summed E-state index contributed by atoms with van der Waals surface area (Å²) in [4.78, 5) is 27.9. The molecule has 4 fully saturated rings. The number of hydrogen-bond donors (Lipinski definition) is 1. The number of amides is 1. The lowest BCUT2D eigenvalue weighted by atomic mass is 9.34. The lowest BCUT2D eigenvalue weighted by Gasteiger charge is -2.71. The molecule has 5 rings (SSSR count). The van der Waals surface area contributed by atoms with Gasteiger partial charge in [0.2, 0.25) is 5.91 Å². The van der Waals surface area contributed by atoms with Crippen LogP contribution in [0.4, 0.5) is 0 Å². The Morgan fingerprint density at radius 3 is 2.76 bits per heavy atom. The van der Waals surface area contributed by atoms with Gasteiger partial charge in [-0.25, -0.2) is 4.79 Å². The molecule has 0 spiro atoms. The molecule has 156 valence electrons. The smallest absolute Gasteiger partial charge is 0.329 e. The van der Waals surface area contributed by atoms with Crippen LogP contribution in [0.1, 0.15) is 51.0 Å². The fourth-order valence-electron chi connectivity index (χ4n) is 7.18. The molecule has 0 aromatic heterocycles. The number of benzene rings is 1. The van der Waals surface area contributed by atoms with E-state index in [1.165, 1.54) is 12.8 Å². The van der Waals surface area contributed by atoms with Crippen LogP contribution in [0.2, 0.25) is 0 Å². The molecule has 1 aromatic rings. The summed E-state index contributed by atoms with van der Waals surface area (Å²) < 4.78 is 5.55. The topological polar surface area (TPSA) is 72.6 Å². The second-order valence-corrected chi connectivity index (χ2v) is 10.0. The highest BCUT2D eigenvalue weighted by molar-refractivity contribution is 5.89. The number of likely N-dealkylation sites (tertiary alicyclic amines) is 1. The van der Waals surface area contributed by atoms with Crippen molar-refractivity contribution in [2.45, 2.75) is 64.1 Å². The quantitative estimate of drug-likeness (QED) is 0.776. The van der Waals surface area contributed by atoms with Crippen molar-refractivity contribution in [3.8, 4) is 0 Å². The molecule has 1 saturated heterocycles. The summed E-state index contributed by atoms with van der Waals surface area (Å²) in [6, 6.07) is 8.71. The van der Waals surface area contributed by atoms with Crippen molar-refractivity contribution in [3.63, 3.8) is 0 Å². The van der Waals surface area contributed by atoms with E-state index in [0.717, 1.165) is 36.7 Å². The highest BCUT2D eigenvalue weighted by Crippen LogP contribution is 2.72. The van der Waals surface area contributed by atoms with Gasteiger partial charge in [-0.3, -0.25) is 4.79 Å². The molecule has 1 heterocycles. The molecular weight excluding hydrogens is 364 g/mol. The zero-order valence-electron chi connectivity index (χ0n) is 17.3. The predicted octanol–water partition coefficient (Wildman–Crippen LogP) is 3.12. The van der Waals surface area contributed by atoms with Gasteiger partial charge in [0.05, 0.1) is 6.04 Å². The van der Waals surface area contributed by atoms with Crippen LogP contribution in [-0.4, -0.2) is 35.4 Å². The second kappa shape index (κ2) is 7.12. The number of carbonyl (C=O) groups is 2. The lowest BCUT2D eigenvalue weighted by Crippen LogP contribution is -2.71. The summed E-state index contributed by atoms with van der Waals surface area (Å²) in [6.07, 6.45) is 6.29. The third-order valence-corrected chi connectivity index (χ3v) is 8.28. The molecule has 1 aliphatic heterocycles. The maximum absolute atomic E-state index is 13.4. The molecule has 3 saturated carbocycles. The van der Waals surface area contributed by atoms with Crippen molar-refractivity contribution in [1.29, 1.82) is 0 Å². The first kappa shape index (κ1) is 19.1. The van der Waals surface area contributed by atoms with Crippen molar-refractivity contribution in [2.24, 2.45) is 34.8 Å². The third-order valence-electron chi connectivity index (χ3n) is 8.28. The van der Waals surface area contributed by atoms with Gasteiger partial charge in [0.1, 0.15) is 12.6 Å². The maximum Gasteiger partial charge on any atom is 0.329 e. The van der Waals surface area contributed by atoms with Gasteiger partial charge < -0.3 is 15.4 Å². The first-order chi connectivity index (χ1) is 14.0. The van der Waals surface area contributed by atoms with Gasteiger partial charge in [-0.05, 0) is 73.2 Å². The fourth-order valence-corrected chi connectivity index (χ4v) is 7.18. The minimum Gasteiger partial charge on any atom is -0.459 e. The van der Waals surface area contributed by atoms with Gasteiger partial charge in [-0.1, -0.05) is 37.3 Å². The van der Waals surface area contributed by atoms with Gasteiger partial charge in [0.15, 0.2) is 0 Å². The molecule has 3 aliphatic carbocycles. The van der Waals surface area contributed by atoms with Crippen LogP contribution >= 0.6 is 0 Å². The average molecular weight is 397 g/mol. The Morgan fingerprint density at radius 1 is 1.21 bits per heavy atom. The van der Waals surface area contributed by atoms with Crippen LogP contribution in [-0.2, 0) is 20.9 Å². The summed E-state index contributed by atoms with van der Waals surface area (Å²) in [5.41, 5.74) is 7.61. The normalized spacial score (nSPS) is 38.4. The minimum absolute atomic E-state index is 0.0244. The molecule has 0 radical (unpaired) electrons. The first-order valence-electron chi connectivity index (χ1n) is 11.3. The Labute approximate surface area is 173 Å². The average Bonchev–Trinajstić information content (AvgIpc) is 3.18. The molecule has 5 nitrogen and oxygen atoms in total. The minimum atomic E-state index is -0.484. The van der Waals surface area contributed by atoms with E-state index in [1.807, 2.05) is 30.3 Å². The van der Waals surface area contributed by atoms with Crippen molar-refractivity contribution >= 4 is 11.9 Å². The molecule has 1 amide bonds. The summed E-state index contributed by atoms with van der Waals surface area (Å²) >= 11 is 0. The van der Waals surface area contributed by atoms with Gasteiger partial charge >= 0.3 is 5.97 Å². The van der Waals surface area contributed by atoms with Crippen LogP contribution in [0.3, 0.4) is 0 Å². The molecular formula is C24H32N2O3. The zero-order chi connectivity index (χ0) is 20.2. The Bertz CT molecular complexity index is 797. The lowest BCUT2D eigenvalue weighted by molar-refractivity contribution is -0.219. The van der Waals surface area contributed by atoms with E-state index in [1.54, 1.807) is 4.90 Å². The molecule has 4 aliphatic rings. The van der Waals surface area contributed by atoms with E-state index < -0.39 is 12.1 Å². The first-order valence-corrected chi connectivity index (χ1v) is 11.3. The molecule has 5 heteroatoms. The monoisotopic (exact) mass is 396 g/mol. The number of nitrogens with two attached hydrogens (primary N) is 1.